The van der Waals surface area contributed by atoms with Gasteiger partial charge in [0.05, 0.1) is 42.5 Å². The van der Waals surface area contributed by atoms with E-state index in [0.717, 1.165) is 47.5 Å². The second kappa shape index (κ2) is 12.1. The molecule has 3 aliphatic heterocycles. The van der Waals surface area contributed by atoms with Gasteiger partial charge in [-0.15, -0.1) is 5.10 Å². The van der Waals surface area contributed by atoms with Gasteiger partial charge >= 0.3 is 0 Å². The summed E-state index contributed by atoms with van der Waals surface area (Å²) in [7, 11) is 3.49. The maximum Gasteiger partial charge on any atom is 0.271 e. The fraction of sp³-hybridized carbons (Fsp3) is 0.529. The molecule has 2 atom stereocenters. The fourth-order valence-electron chi connectivity index (χ4n) is 8.02. The van der Waals surface area contributed by atoms with Crippen LogP contribution in [0.25, 0.3) is 11.3 Å². The van der Waals surface area contributed by atoms with E-state index < -0.39 is 11.3 Å². The quantitative estimate of drug-likeness (QED) is 0.260. The Labute approximate surface area is 277 Å². The van der Waals surface area contributed by atoms with Crippen molar-refractivity contribution in [2.45, 2.75) is 63.1 Å². The average molecular weight is 661 g/mol. The van der Waals surface area contributed by atoms with Crippen molar-refractivity contribution >= 4 is 28.7 Å². The highest BCUT2D eigenvalue weighted by Crippen LogP contribution is 2.50. The number of carbonyl (C=O) groups excluding carboxylic acids is 1. The van der Waals surface area contributed by atoms with E-state index in [1.807, 2.05) is 41.0 Å². The summed E-state index contributed by atoms with van der Waals surface area (Å²) < 4.78 is 39.8. The normalized spacial score (nSPS) is 23.3. The number of hydrogen-bond donors (Lipinski definition) is 3. The molecule has 12 nitrogen and oxygen atoms in total. The van der Waals surface area contributed by atoms with Gasteiger partial charge < -0.3 is 25.6 Å². The lowest BCUT2D eigenvalue weighted by Crippen LogP contribution is -2.58. The highest BCUT2D eigenvalue weighted by molar-refractivity contribution is 5.94. The van der Waals surface area contributed by atoms with E-state index in [2.05, 4.69) is 37.0 Å². The number of alkyl halides is 2. The maximum absolute atomic E-state index is 15.4. The van der Waals surface area contributed by atoms with Crippen molar-refractivity contribution in [3.63, 3.8) is 0 Å². The third-order valence-corrected chi connectivity index (χ3v) is 11.0. The number of likely N-dealkylation sites (tertiary alicyclic amines) is 1. The number of carbonyl (C=O) groups is 1. The minimum absolute atomic E-state index is 0.0203. The molecule has 3 fully saturated rings. The molecule has 0 bridgehead atoms. The summed E-state index contributed by atoms with van der Waals surface area (Å²) in [6.07, 6.45) is 9.49. The largest absolute Gasteiger partial charge is 0.385 e. The second-order valence-electron chi connectivity index (χ2n) is 13.6. The molecule has 14 heteroatoms. The number of imidazole rings is 1. The van der Waals surface area contributed by atoms with Crippen LogP contribution in [0.5, 0.6) is 0 Å². The lowest BCUT2D eigenvalue weighted by atomic mass is 9.69. The van der Waals surface area contributed by atoms with Crippen LogP contribution in [0.2, 0.25) is 0 Å². The second-order valence-corrected chi connectivity index (χ2v) is 13.6. The predicted molar refractivity (Wildman–Crippen MR) is 177 cm³/mol. The molecule has 1 aliphatic carbocycles. The predicted octanol–water partition coefficient (Wildman–Crippen LogP) is 3.77. The highest BCUT2D eigenvalue weighted by atomic mass is 19.3. The average Bonchev–Trinajstić information content (AvgIpc) is 3.83. The number of anilines is 3. The Morgan fingerprint density at radius 3 is 2.71 bits per heavy atom. The molecule has 254 valence electrons. The van der Waals surface area contributed by atoms with Crippen LogP contribution in [0.4, 0.5) is 26.0 Å². The van der Waals surface area contributed by atoms with Crippen LogP contribution in [-0.4, -0.2) is 100 Å². The summed E-state index contributed by atoms with van der Waals surface area (Å²) in [4.78, 5) is 21.8. The topological polar surface area (TPSA) is 117 Å². The minimum Gasteiger partial charge on any atom is -0.385 e. The summed E-state index contributed by atoms with van der Waals surface area (Å²) in [5.74, 6) is -2.26. The van der Waals surface area contributed by atoms with E-state index in [4.69, 9.17) is 9.84 Å². The molecule has 1 amide bonds. The van der Waals surface area contributed by atoms with Crippen LogP contribution in [0.15, 0.2) is 42.9 Å². The minimum atomic E-state index is -2.71. The maximum atomic E-state index is 15.4. The SMILES string of the molecule is CNc1cc(N2CCc3c2cccc3-n2cc(CN3CCC4(CCNCC4)C(F)(F)C3)cn2)nn2c(C(=O)N[C@@H]3CC[C@H]3OC)cnc12. The van der Waals surface area contributed by atoms with Crippen LogP contribution >= 0.6 is 0 Å². The van der Waals surface area contributed by atoms with Crippen molar-refractivity contribution in [1.29, 1.82) is 0 Å². The lowest BCUT2D eigenvalue weighted by Gasteiger charge is -2.49. The lowest BCUT2D eigenvalue weighted by molar-refractivity contribution is -0.181. The molecule has 1 spiro atoms. The number of methoxy groups -OCH3 is 1. The first kappa shape index (κ1) is 31.1. The fourth-order valence-corrected chi connectivity index (χ4v) is 8.02. The number of nitrogens with zero attached hydrogens (tertiary/aromatic N) is 7. The van der Waals surface area contributed by atoms with Gasteiger partial charge in [0, 0.05) is 61.7 Å². The van der Waals surface area contributed by atoms with Crippen molar-refractivity contribution in [1.82, 2.24) is 39.9 Å². The number of aromatic nitrogens is 5. The number of amides is 1. The zero-order valence-electron chi connectivity index (χ0n) is 27.4. The van der Waals surface area contributed by atoms with Crippen LogP contribution in [0, 0.1) is 5.41 Å². The zero-order valence-corrected chi connectivity index (χ0v) is 27.4. The first-order chi connectivity index (χ1) is 23.3. The number of piperidine rings is 2. The van der Waals surface area contributed by atoms with Crippen molar-refractivity contribution in [2.75, 3.05) is 57.1 Å². The van der Waals surface area contributed by atoms with Gasteiger partial charge in [-0.3, -0.25) is 9.69 Å². The van der Waals surface area contributed by atoms with Crippen LogP contribution in [0.1, 0.15) is 53.7 Å². The molecule has 0 radical (unpaired) electrons. The van der Waals surface area contributed by atoms with Gasteiger partial charge in [-0.1, -0.05) is 6.07 Å². The molecular weight excluding hydrogens is 618 g/mol. The summed E-state index contributed by atoms with van der Waals surface area (Å²) in [5, 5.41) is 19.1. The van der Waals surface area contributed by atoms with Gasteiger partial charge in [-0.05, 0) is 70.3 Å². The molecule has 0 unspecified atom stereocenters. The van der Waals surface area contributed by atoms with Crippen molar-refractivity contribution in [3.8, 4) is 5.69 Å². The number of hydrogen-bond acceptors (Lipinski definition) is 9. The number of ether oxygens (including phenoxy) is 1. The van der Waals surface area contributed by atoms with Crippen molar-refractivity contribution in [2.24, 2.45) is 5.41 Å². The molecule has 6 heterocycles. The number of fused-ring (bicyclic) bond motifs is 2. The van der Waals surface area contributed by atoms with Crippen LogP contribution in [-0.2, 0) is 17.7 Å². The standard InChI is InChI=1S/C34H42F2N10O2/c1-37-25-16-30(42-46-28(18-39-31(25)46)32(47)41-24-6-7-29(24)48-2)44-14-8-23-26(44)4-3-5-27(23)45-20-22(17-40-45)19-43-15-11-33(34(35,36)21-43)9-12-38-13-10-33/h3-5,16-18,20,24,29,37-38H,6-15,19,21H2,1-2H3,(H,41,47)/t24-,29-/m1/s1. The van der Waals surface area contributed by atoms with E-state index in [1.54, 1.807) is 24.0 Å². The van der Waals surface area contributed by atoms with E-state index in [9.17, 15) is 4.79 Å². The van der Waals surface area contributed by atoms with Gasteiger partial charge in [0.25, 0.3) is 11.8 Å². The Hall–Kier alpha value is -4.14. The Morgan fingerprint density at radius 1 is 1.12 bits per heavy atom. The molecule has 3 aromatic heterocycles. The number of rotatable bonds is 8. The van der Waals surface area contributed by atoms with E-state index in [1.165, 1.54) is 0 Å². The summed E-state index contributed by atoms with van der Waals surface area (Å²) in [6, 6.07) is 8.02. The molecule has 1 aromatic carbocycles. The Morgan fingerprint density at radius 2 is 1.96 bits per heavy atom. The van der Waals surface area contributed by atoms with Gasteiger partial charge in [0.15, 0.2) is 17.2 Å². The summed E-state index contributed by atoms with van der Waals surface area (Å²) in [5.41, 5.74) is 4.80. The molecule has 4 aliphatic rings. The third-order valence-electron chi connectivity index (χ3n) is 11.0. The molecule has 4 aromatic rings. The molecule has 3 N–H and O–H groups in total. The number of nitrogens with one attached hydrogen (secondary N) is 3. The van der Waals surface area contributed by atoms with E-state index in [0.29, 0.717) is 69.1 Å². The van der Waals surface area contributed by atoms with Crippen LogP contribution < -0.4 is 20.9 Å². The monoisotopic (exact) mass is 660 g/mol. The van der Waals surface area contributed by atoms with E-state index >= 15 is 8.78 Å². The van der Waals surface area contributed by atoms with Crippen molar-refractivity contribution < 1.29 is 18.3 Å². The molecule has 1 saturated carbocycles. The molecule has 48 heavy (non-hydrogen) atoms. The summed E-state index contributed by atoms with van der Waals surface area (Å²) >= 11 is 0. The van der Waals surface area contributed by atoms with Gasteiger partial charge in [0.1, 0.15) is 0 Å². The van der Waals surface area contributed by atoms with Gasteiger partial charge in [-0.25, -0.2) is 23.0 Å². The van der Waals surface area contributed by atoms with Crippen molar-refractivity contribution in [3.05, 3.63) is 59.7 Å². The molecular formula is C34H42F2N10O2. The van der Waals surface area contributed by atoms with E-state index in [-0.39, 0.29) is 24.6 Å². The summed E-state index contributed by atoms with van der Waals surface area (Å²) in [6.45, 7) is 2.91. The molecule has 2 saturated heterocycles. The number of halogens is 2. The Balaban J connectivity index is 1.02. The first-order valence-electron chi connectivity index (χ1n) is 16.9. The third kappa shape index (κ3) is 5.21. The first-order valence-corrected chi connectivity index (χ1v) is 16.9. The number of benzene rings is 1. The highest BCUT2D eigenvalue weighted by Gasteiger charge is 2.56. The smallest absolute Gasteiger partial charge is 0.271 e. The zero-order chi connectivity index (χ0) is 33.0. The Bertz CT molecular complexity index is 1830. The molecule has 8 rings (SSSR count). The Kier molecular flexibility index (Phi) is 7.84. The van der Waals surface area contributed by atoms with Gasteiger partial charge in [-0.2, -0.15) is 5.10 Å². The van der Waals surface area contributed by atoms with Gasteiger partial charge in [0.2, 0.25) is 0 Å². The van der Waals surface area contributed by atoms with Crippen LogP contribution in [0.3, 0.4) is 0 Å².